The molecule has 3 aliphatic heterocycles. The lowest BCUT2D eigenvalue weighted by Crippen LogP contribution is -2.53. The number of carbonyl (C=O) groups excluding carboxylic acids is 1. The van der Waals surface area contributed by atoms with Crippen molar-refractivity contribution in [3.8, 4) is 5.75 Å². The first-order valence-corrected chi connectivity index (χ1v) is 15.6. The molecular formula is C33H50O10. The van der Waals surface area contributed by atoms with Crippen molar-refractivity contribution in [2.75, 3.05) is 27.9 Å². The Balaban J connectivity index is 1.26. The van der Waals surface area contributed by atoms with Gasteiger partial charge < -0.3 is 43.4 Å². The van der Waals surface area contributed by atoms with E-state index in [1.54, 1.807) is 14.2 Å². The fraction of sp³-hybridized carbons (Fsp3) is 0.727. The Morgan fingerprint density at radius 2 is 1.72 bits per heavy atom. The summed E-state index contributed by atoms with van der Waals surface area (Å²) < 4.78 is 40.8. The number of benzene rings is 1. The number of ether oxygens (including phenoxy) is 7. The molecule has 1 aromatic carbocycles. The van der Waals surface area contributed by atoms with Crippen molar-refractivity contribution in [1.29, 1.82) is 0 Å². The molecule has 1 aromatic rings. The van der Waals surface area contributed by atoms with Crippen LogP contribution in [0.4, 0.5) is 0 Å². The molecule has 2 unspecified atom stereocenters. The molecule has 9 atom stereocenters. The van der Waals surface area contributed by atoms with Crippen molar-refractivity contribution in [2.24, 2.45) is 5.92 Å². The number of hydrogen-bond donors (Lipinski definition) is 2. The molecule has 2 saturated heterocycles. The molecule has 3 heterocycles. The lowest BCUT2D eigenvalue weighted by molar-refractivity contribution is -0.307. The van der Waals surface area contributed by atoms with Gasteiger partial charge in [-0.3, -0.25) is 4.79 Å². The summed E-state index contributed by atoms with van der Waals surface area (Å²) in [5, 5.41) is 21.7. The van der Waals surface area contributed by atoms with E-state index in [0.717, 1.165) is 37.0 Å². The number of carbonyl (C=O) groups is 1. The molecule has 1 spiro atoms. The lowest BCUT2D eigenvalue weighted by Gasteiger charge is -2.47. The highest BCUT2D eigenvalue weighted by atomic mass is 16.7. The second-order valence-electron chi connectivity index (χ2n) is 12.1. The Bertz CT molecular complexity index is 1020. The van der Waals surface area contributed by atoms with Gasteiger partial charge in [0.2, 0.25) is 0 Å². The molecule has 4 rings (SSSR count). The minimum Gasteiger partial charge on any atom is -0.497 e. The molecule has 0 aromatic heterocycles. The molecule has 10 nitrogen and oxygen atoms in total. The molecule has 43 heavy (non-hydrogen) atoms. The van der Waals surface area contributed by atoms with Crippen LogP contribution < -0.4 is 4.74 Å². The average Bonchev–Trinajstić information content (AvgIpc) is 2.99. The van der Waals surface area contributed by atoms with Gasteiger partial charge in [0.25, 0.3) is 0 Å². The van der Waals surface area contributed by atoms with Crippen LogP contribution in [0.5, 0.6) is 5.75 Å². The molecule has 0 amide bonds. The highest BCUT2D eigenvalue weighted by Crippen LogP contribution is 2.39. The standard InChI is InChI=1S/C33H50O10/c1-22-12-14-33(15-13-29(38-3)31(43-33)21-40-20-23-8-10-26(37-2)11-9-23)42-30(22)18-25(35)16-24(34)17-27-6-5-7-28(41-27)19-32(36)39-4/h8-12,14,22,24-25,27-31,34-35H,5-7,13,15-21H2,1-4H3/t22-,24-,25-,27?,28?,29-,30+,31+,33-/m0/s1. The summed E-state index contributed by atoms with van der Waals surface area (Å²) in [5.41, 5.74) is 1.04. The van der Waals surface area contributed by atoms with Crippen LogP contribution in [0.25, 0.3) is 0 Å². The van der Waals surface area contributed by atoms with E-state index >= 15 is 0 Å². The van der Waals surface area contributed by atoms with Crippen LogP contribution in [0, 0.1) is 5.92 Å². The minimum absolute atomic E-state index is 0.0756. The summed E-state index contributed by atoms with van der Waals surface area (Å²) in [6, 6.07) is 7.76. The van der Waals surface area contributed by atoms with Crippen LogP contribution in [0.15, 0.2) is 36.4 Å². The van der Waals surface area contributed by atoms with Crippen LogP contribution in [-0.2, 0) is 39.8 Å². The highest BCUT2D eigenvalue weighted by molar-refractivity contribution is 5.69. The molecule has 0 bridgehead atoms. The largest absolute Gasteiger partial charge is 0.497 e. The third-order valence-electron chi connectivity index (χ3n) is 8.79. The third-order valence-corrected chi connectivity index (χ3v) is 8.79. The van der Waals surface area contributed by atoms with E-state index in [2.05, 4.69) is 13.0 Å². The van der Waals surface area contributed by atoms with Crippen molar-refractivity contribution < 1.29 is 48.2 Å². The number of aliphatic hydroxyl groups is 2. The van der Waals surface area contributed by atoms with E-state index in [1.165, 1.54) is 7.11 Å². The summed E-state index contributed by atoms with van der Waals surface area (Å²) >= 11 is 0. The smallest absolute Gasteiger partial charge is 0.308 e. The highest BCUT2D eigenvalue weighted by Gasteiger charge is 2.45. The predicted molar refractivity (Wildman–Crippen MR) is 158 cm³/mol. The van der Waals surface area contributed by atoms with E-state index in [1.807, 2.05) is 30.3 Å². The van der Waals surface area contributed by atoms with E-state index < -0.39 is 18.0 Å². The van der Waals surface area contributed by atoms with Gasteiger partial charge in [-0.05, 0) is 62.3 Å². The van der Waals surface area contributed by atoms with Crippen LogP contribution in [-0.4, -0.2) is 92.6 Å². The van der Waals surface area contributed by atoms with Crippen molar-refractivity contribution >= 4 is 5.97 Å². The monoisotopic (exact) mass is 606 g/mol. The van der Waals surface area contributed by atoms with Crippen LogP contribution in [0.3, 0.4) is 0 Å². The number of esters is 1. The fourth-order valence-electron chi connectivity index (χ4n) is 6.30. The van der Waals surface area contributed by atoms with Crippen LogP contribution in [0.1, 0.15) is 70.3 Å². The second kappa shape index (κ2) is 16.3. The predicted octanol–water partition coefficient (Wildman–Crippen LogP) is 4.09. The van der Waals surface area contributed by atoms with Gasteiger partial charge in [0.15, 0.2) is 5.79 Å². The van der Waals surface area contributed by atoms with E-state index in [-0.39, 0.29) is 55.2 Å². The fourth-order valence-corrected chi connectivity index (χ4v) is 6.30. The summed E-state index contributed by atoms with van der Waals surface area (Å²) in [6.45, 7) is 2.85. The average molecular weight is 607 g/mol. The maximum absolute atomic E-state index is 11.6. The van der Waals surface area contributed by atoms with Gasteiger partial charge in [-0.25, -0.2) is 0 Å². The minimum atomic E-state index is -0.913. The molecule has 3 aliphatic rings. The molecule has 0 aliphatic carbocycles. The zero-order valence-corrected chi connectivity index (χ0v) is 26.0. The van der Waals surface area contributed by atoms with E-state index in [0.29, 0.717) is 32.5 Å². The lowest BCUT2D eigenvalue weighted by atomic mass is 9.89. The Morgan fingerprint density at radius 3 is 2.44 bits per heavy atom. The molecule has 0 radical (unpaired) electrons. The van der Waals surface area contributed by atoms with Crippen LogP contribution >= 0.6 is 0 Å². The SMILES string of the molecule is COC(=O)CC1CCCC(C[C@@H](O)C[C@H](O)C[C@H]2O[C@]3(C=C[C@@H]2C)CC[C@H](OC)[C@@H](COCc2ccc(OC)cc2)O3)O1. The van der Waals surface area contributed by atoms with Gasteiger partial charge in [-0.1, -0.05) is 25.1 Å². The third kappa shape index (κ3) is 9.97. The van der Waals surface area contributed by atoms with Crippen molar-refractivity contribution in [2.45, 2.75) is 120 Å². The summed E-state index contributed by atoms with van der Waals surface area (Å²) in [6.07, 6.45) is 6.74. The first-order valence-electron chi connectivity index (χ1n) is 15.6. The van der Waals surface area contributed by atoms with Gasteiger partial charge >= 0.3 is 5.97 Å². The molecule has 0 saturated carbocycles. The quantitative estimate of drug-likeness (QED) is 0.237. The molecule has 242 valence electrons. The van der Waals surface area contributed by atoms with E-state index in [4.69, 9.17) is 33.2 Å². The van der Waals surface area contributed by atoms with Crippen molar-refractivity contribution in [3.05, 3.63) is 42.0 Å². The maximum Gasteiger partial charge on any atom is 0.308 e. The zero-order valence-electron chi connectivity index (χ0n) is 26.0. The van der Waals surface area contributed by atoms with Gasteiger partial charge in [0, 0.05) is 25.9 Å². The molecule has 2 fully saturated rings. The first kappa shape index (κ1) is 33.8. The summed E-state index contributed by atoms with van der Waals surface area (Å²) in [7, 11) is 4.70. The normalized spacial score (nSPS) is 32.3. The van der Waals surface area contributed by atoms with Crippen molar-refractivity contribution in [1.82, 2.24) is 0 Å². The van der Waals surface area contributed by atoms with Gasteiger partial charge in [-0.2, -0.15) is 0 Å². The number of rotatable bonds is 14. The molecule has 2 N–H and O–H groups in total. The van der Waals surface area contributed by atoms with Gasteiger partial charge in [-0.15, -0.1) is 0 Å². The van der Waals surface area contributed by atoms with Crippen molar-refractivity contribution in [3.63, 3.8) is 0 Å². The van der Waals surface area contributed by atoms with Crippen LogP contribution in [0.2, 0.25) is 0 Å². The molecule has 10 heteroatoms. The number of methoxy groups -OCH3 is 3. The zero-order chi connectivity index (χ0) is 30.8. The Kier molecular flexibility index (Phi) is 12.8. The number of aliphatic hydroxyl groups excluding tert-OH is 2. The topological polar surface area (TPSA) is 122 Å². The second-order valence-corrected chi connectivity index (χ2v) is 12.1. The van der Waals surface area contributed by atoms with Gasteiger partial charge in [0.05, 0.1) is 70.5 Å². The Morgan fingerprint density at radius 1 is 1.00 bits per heavy atom. The summed E-state index contributed by atoms with van der Waals surface area (Å²) in [4.78, 5) is 11.6. The number of hydrogen-bond acceptors (Lipinski definition) is 10. The van der Waals surface area contributed by atoms with Gasteiger partial charge in [0.1, 0.15) is 11.9 Å². The summed E-state index contributed by atoms with van der Waals surface area (Å²) in [5.74, 6) is -0.327. The van der Waals surface area contributed by atoms with E-state index in [9.17, 15) is 15.0 Å². The first-order chi connectivity index (χ1) is 20.7. The Hall–Kier alpha value is -2.05. The maximum atomic E-state index is 11.6. The Labute approximate surface area is 255 Å². The molecular weight excluding hydrogens is 556 g/mol.